The van der Waals surface area contributed by atoms with E-state index in [1.165, 1.54) is 10.9 Å². The van der Waals surface area contributed by atoms with E-state index in [1.54, 1.807) is 30.6 Å². The van der Waals surface area contributed by atoms with Crippen LogP contribution in [0.4, 0.5) is 4.39 Å². The van der Waals surface area contributed by atoms with E-state index in [2.05, 4.69) is 30.8 Å². The smallest absolute Gasteiger partial charge is 0.336 e. The highest BCUT2D eigenvalue weighted by Crippen LogP contribution is 2.39. The fraction of sp³-hybridized carbons (Fsp3) is 0.350. The molecule has 2 bridgehead atoms. The first-order valence-electron chi connectivity index (χ1n) is 9.56. The molecule has 4 heterocycles. The summed E-state index contributed by atoms with van der Waals surface area (Å²) in [5, 5.41) is 29.4. The number of rotatable bonds is 4. The Hall–Kier alpha value is -3.40. The molecule has 1 aromatic carbocycles. The third kappa shape index (κ3) is 3.09. The number of nitrogens with one attached hydrogen (secondary N) is 1. The zero-order chi connectivity index (χ0) is 20.9. The second kappa shape index (κ2) is 6.56. The highest BCUT2D eigenvalue weighted by atomic mass is 19.1. The van der Waals surface area contributed by atoms with E-state index >= 15 is 0 Å². The lowest BCUT2D eigenvalue weighted by Crippen LogP contribution is -2.64. The molecule has 0 aliphatic carbocycles. The van der Waals surface area contributed by atoms with Gasteiger partial charge < -0.3 is 9.84 Å². The third-order valence-corrected chi connectivity index (χ3v) is 5.62. The summed E-state index contributed by atoms with van der Waals surface area (Å²) in [7, 11) is 0. The van der Waals surface area contributed by atoms with Gasteiger partial charge in [0, 0.05) is 23.6 Å². The lowest BCUT2D eigenvalue weighted by Gasteiger charge is -2.43. The molecule has 1 saturated heterocycles. The predicted octanol–water partition coefficient (Wildman–Crippen LogP) is 1.99. The summed E-state index contributed by atoms with van der Waals surface area (Å²) in [5.41, 5.74) is 0.376. The molecule has 3 aromatic rings. The molecule has 2 aliphatic rings. The Bertz CT molecular complexity index is 1100. The van der Waals surface area contributed by atoms with Crippen LogP contribution in [0.25, 0.3) is 16.9 Å². The first-order chi connectivity index (χ1) is 14.4. The maximum atomic E-state index is 15.0. The van der Waals surface area contributed by atoms with Crippen LogP contribution in [0.1, 0.15) is 20.3 Å². The van der Waals surface area contributed by atoms with Crippen LogP contribution in [0.3, 0.4) is 0 Å². The van der Waals surface area contributed by atoms with Crippen LogP contribution in [0.5, 0.6) is 11.8 Å². The molecule has 30 heavy (non-hydrogen) atoms. The van der Waals surface area contributed by atoms with Crippen LogP contribution in [-0.2, 0) is 0 Å². The highest BCUT2D eigenvalue weighted by Gasteiger charge is 2.53. The third-order valence-electron chi connectivity index (χ3n) is 5.62. The minimum Gasteiger partial charge on any atom is -0.507 e. The van der Waals surface area contributed by atoms with Crippen molar-refractivity contribution in [3.63, 3.8) is 0 Å². The number of hydrogen-bond donors (Lipinski definition) is 2. The first kappa shape index (κ1) is 18.6. The van der Waals surface area contributed by atoms with Crippen molar-refractivity contribution in [1.82, 2.24) is 35.5 Å². The summed E-state index contributed by atoms with van der Waals surface area (Å²) in [4.78, 5) is 4.17. The molecule has 1 fully saturated rings. The number of phenols is 1. The van der Waals surface area contributed by atoms with E-state index in [9.17, 15) is 9.50 Å². The zero-order valence-electron chi connectivity index (χ0n) is 16.4. The quantitative estimate of drug-likeness (QED) is 0.630. The van der Waals surface area contributed by atoms with Gasteiger partial charge in [-0.1, -0.05) is 22.5 Å². The van der Waals surface area contributed by atoms with E-state index in [0.29, 0.717) is 23.4 Å². The van der Waals surface area contributed by atoms with Crippen molar-refractivity contribution < 1.29 is 14.2 Å². The topological polar surface area (TPSA) is 111 Å². The van der Waals surface area contributed by atoms with E-state index in [-0.39, 0.29) is 17.3 Å². The second-order valence-corrected chi connectivity index (χ2v) is 8.10. The standard InChI is InChI=1S/C20H20FN7O2/c1-19-5-6-20(2,26-19)17(21)16(10-19)30-18-22-11-14(24-25-18)13-4-3-12(9-15(13)29)28-8-7-23-27-28/h3-9,11,16-17,26,29H,10H2,1-2H3/t16-,17+,19-,20+/m0/s1. The number of fused-ring (bicyclic) bond motifs is 2. The van der Waals surface area contributed by atoms with Crippen molar-refractivity contribution in [3.8, 4) is 28.7 Å². The molecule has 10 heteroatoms. The van der Waals surface area contributed by atoms with Crippen molar-refractivity contribution >= 4 is 0 Å². The number of nitrogens with zero attached hydrogens (tertiary/aromatic N) is 6. The normalized spacial score (nSPS) is 29.8. The minimum atomic E-state index is -1.25. The number of hydrogen-bond acceptors (Lipinski definition) is 8. The fourth-order valence-electron chi connectivity index (χ4n) is 4.15. The van der Waals surface area contributed by atoms with Crippen LogP contribution in [-0.4, -0.2) is 58.6 Å². The number of piperidine rings is 1. The molecule has 5 rings (SSSR count). The molecule has 2 aliphatic heterocycles. The van der Waals surface area contributed by atoms with Crippen molar-refractivity contribution in [3.05, 3.63) is 48.9 Å². The van der Waals surface area contributed by atoms with Crippen molar-refractivity contribution in [2.24, 2.45) is 0 Å². The van der Waals surface area contributed by atoms with Crippen molar-refractivity contribution in [2.45, 2.75) is 43.6 Å². The number of ether oxygens (including phenoxy) is 1. The van der Waals surface area contributed by atoms with Gasteiger partial charge in [-0.15, -0.1) is 10.2 Å². The Morgan fingerprint density at radius 1 is 1.27 bits per heavy atom. The molecule has 0 amide bonds. The summed E-state index contributed by atoms with van der Waals surface area (Å²) in [5.74, 6) is -0.00144. The molecule has 9 nitrogen and oxygen atoms in total. The number of aromatic hydroxyl groups is 1. The lowest BCUT2D eigenvalue weighted by atomic mass is 9.83. The molecule has 4 atom stereocenters. The van der Waals surface area contributed by atoms with Crippen molar-refractivity contribution in [2.75, 3.05) is 0 Å². The summed E-state index contributed by atoms with van der Waals surface area (Å²) >= 11 is 0. The molecule has 0 unspecified atom stereocenters. The van der Waals surface area contributed by atoms with E-state index in [4.69, 9.17) is 4.74 Å². The molecule has 0 radical (unpaired) electrons. The van der Waals surface area contributed by atoms with Crippen LogP contribution in [0, 0.1) is 0 Å². The number of aromatic nitrogens is 6. The van der Waals surface area contributed by atoms with Gasteiger partial charge in [0.25, 0.3) is 0 Å². The second-order valence-electron chi connectivity index (χ2n) is 8.10. The van der Waals surface area contributed by atoms with Gasteiger partial charge in [-0.3, -0.25) is 5.32 Å². The average Bonchev–Trinajstić information content (AvgIpc) is 3.34. The Balaban J connectivity index is 1.34. The summed E-state index contributed by atoms with van der Waals surface area (Å²) in [6, 6.07) is 5.00. The maximum Gasteiger partial charge on any atom is 0.336 e. The fourth-order valence-corrected chi connectivity index (χ4v) is 4.15. The van der Waals surface area contributed by atoms with Gasteiger partial charge in [-0.25, -0.2) is 14.1 Å². The largest absolute Gasteiger partial charge is 0.507 e. The van der Waals surface area contributed by atoms with Crippen LogP contribution in [0.2, 0.25) is 0 Å². The lowest BCUT2D eigenvalue weighted by molar-refractivity contribution is -0.00375. The van der Waals surface area contributed by atoms with Crippen LogP contribution in [0.15, 0.2) is 48.9 Å². The van der Waals surface area contributed by atoms with Gasteiger partial charge in [0.2, 0.25) is 0 Å². The highest BCUT2D eigenvalue weighted by molar-refractivity contribution is 5.67. The van der Waals surface area contributed by atoms with E-state index < -0.39 is 17.8 Å². The maximum absolute atomic E-state index is 15.0. The molecule has 154 valence electrons. The van der Waals surface area contributed by atoms with E-state index in [0.717, 1.165) is 0 Å². The van der Waals surface area contributed by atoms with Crippen LogP contribution >= 0.6 is 0 Å². The summed E-state index contributed by atoms with van der Waals surface area (Å²) in [6.07, 6.45) is 7.01. The van der Waals surface area contributed by atoms with Gasteiger partial charge in [-0.05, 0) is 26.0 Å². The minimum absolute atomic E-state index is 0.00127. The van der Waals surface area contributed by atoms with Gasteiger partial charge in [0.15, 0.2) is 6.17 Å². The Kier molecular flexibility index (Phi) is 4.07. The monoisotopic (exact) mass is 409 g/mol. The van der Waals surface area contributed by atoms with Gasteiger partial charge in [-0.2, -0.15) is 0 Å². The molecule has 2 aromatic heterocycles. The molecule has 0 spiro atoms. The summed E-state index contributed by atoms with van der Waals surface area (Å²) in [6.45, 7) is 3.81. The number of phenolic OH excluding ortho intramolecular Hbond substituents is 1. The Labute approximate surface area is 171 Å². The SMILES string of the molecule is C[C@@]12C=C[C@@](C)(N1)[C@H](F)[C@@H](Oc1ncc(-c3ccc(-n4ccnn4)cc3O)nn1)C2. The van der Waals surface area contributed by atoms with Gasteiger partial charge >= 0.3 is 6.01 Å². The predicted molar refractivity (Wildman–Crippen MR) is 105 cm³/mol. The summed E-state index contributed by atoms with van der Waals surface area (Å²) < 4.78 is 22.2. The average molecular weight is 409 g/mol. The number of alkyl halides is 1. The van der Waals surface area contributed by atoms with Crippen LogP contribution < -0.4 is 10.1 Å². The Morgan fingerprint density at radius 3 is 2.83 bits per heavy atom. The first-order valence-corrected chi connectivity index (χ1v) is 9.56. The Morgan fingerprint density at radius 2 is 2.13 bits per heavy atom. The van der Waals surface area contributed by atoms with E-state index in [1.807, 2.05) is 26.0 Å². The molecular weight excluding hydrogens is 389 g/mol. The van der Waals surface area contributed by atoms with Gasteiger partial charge in [0.1, 0.15) is 17.5 Å². The number of halogens is 1. The molecular formula is C20H20FN7O2. The van der Waals surface area contributed by atoms with Crippen molar-refractivity contribution in [1.29, 1.82) is 0 Å². The van der Waals surface area contributed by atoms with Gasteiger partial charge in [0.05, 0.1) is 29.8 Å². The molecule has 2 N–H and O–H groups in total. The number of benzene rings is 1. The molecule has 0 saturated carbocycles. The zero-order valence-corrected chi connectivity index (χ0v) is 16.4.